The van der Waals surface area contributed by atoms with Gasteiger partial charge in [0.25, 0.3) is 0 Å². The zero-order valence-electron chi connectivity index (χ0n) is 22.7. The molecule has 41 heavy (non-hydrogen) atoms. The smallest absolute Gasteiger partial charge is 0.339 e. The van der Waals surface area contributed by atoms with Gasteiger partial charge in [-0.25, -0.2) is 32.9 Å². The number of esters is 2. The Balaban J connectivity index is 1.21. The van der Waals surface area contributed by atoms with Crippen molar-refractivity contribution in [2.45, 2.75) is 37.8 Å². The number of carbonyl (C=O) groups excluding carboxylic acids is 4. The van der Waals surface area contributed by atoms with Crippen LogP contribution in [0, 0.1) is 11.6 Å². The number of likely N-dealkylation sites (tertiary alicyclic amines) is 1. The molecule has 0 aliphatic carbocycles. The van der Waals surface area contributed by atoms with Gasteiger partial charge < -0.3 is 25.0 Å². The number of nitrogens with zero attached hydrogens (tertiary/aromatic N) is 2. The van der Waals surface area contributed by atoms with Gasteiger partial charge in [0.15, 0.2) is 11.6 Å². The molecule has 1 atom stereocenters. The molecule has 12 heteroatoms. The van der Waals surface area contributed by atoms with Gasteiger partial charge in [0.05, 0.1) is 18.2 Å². The lowest BCUT2D eigenvalue weighted by Gasteiger charge is -2.38. The first-order chi connectivity index (χ1) is 19.6. The SMILES string of the molecule is COC(=O)C1=C(C)NC(=O)N(C(=O)NCCCN2CCC3(CC2)OC(=O)c2ccccc23)C1c1ccc(F)c(F)c1. The van der Waals surface area contributed by atoms with Gasteiger partial charge in [0.1, 0.15) is 11.6 Å². The van der Waals surface area contributed by atoms with E-state index in [0.717, 1.165) is 29.7 Å². The molecule has 2 N–H and O–H groups in total. The lowest BCUT2D eigenvalue weighted by molar-refractivity contribution is -0.136. The van der Waals surface area contributed by atoms with E-state index in [1.807, 2.05) is 18.2 Å². The largest absolute Gasteiger partial charge is 0.466 e. The third-order valence-electron chi connectivity index (χ3n) is 7.85. The van der Waals surface area contributed by atoms with Crippen molar-refractivity contribution in [1.29, 1.82) is 0 Å². The second-order valence-corrected chi connectivity index (χ2v) is 10.3. The van der Waals surface area contributed by atoms with Crippen LogP contribution in [0.4, 0.5) is 18.4 Å². The maximum Gasteiger partial charge on any atom is 0.339 e. The summed E-state index contributed by atoms with van der Waals surface area (Å²) in [5, 5.41) is 5.17. The van der Waals surface area contributed by atoms with Crippen LogP contribution in [-0.4, -0.2) is 67.1 Å². The summed E-state index contributed by atoms with van der Waals surface area (Å²) >= 11 is 0. The van der Waals surface area contributed by atoms with E-state index in [1.54, 1.807) is 6.07 Å². The van der Waals surface area contributed by atoms with Crippen LogP contribution < -0.4 is 10.6 Å². The molecule has 0 saturated carbocycles. The van der Waals surface area contributed by atoms with Crippen LogP contribution in [-0.2, 0) is 19.9 Å². The number of amides is 4. The average molecular weight is 569 g/mol. The van der Waals surface area contributed by atoms with E-state index in [-0.39, 0.29) is 29.3 Å². The highest BCUT2D eigenvalue weighted by Gasteiger charge is 2.47. The zero-order valence-corrected chi connectivity index (χ0v) is 22.7. The first kappa shape index (κ1) is 28.2. The van der Waals surface area contributed by atoms with Crippen molar-refractivity contribution in [3.05, 3.63) is 82.1 Å². The van der Waals surface area contributed by atoms with Crippen molar-refractivity contribution < 1.29 is 37.4 Å². The van der Waals surface area contributed by atoms with Crippen molar-refractivity contribution >= 4 is 24.0 Å². The minimum absolute atomic E-state index is 0.0325. The molecule has 1 saturated heterocycles. The lowest BCUT2D eigenvalue weighted by Crippen LogP contribution is -2.54. The number of methoxy groups -OCH3 is 1. The van der Waals surface area contributed by atoms with Gasteiger partial charge >= 0.3 is 24.0 Å². The number of allylic oxidation sites excluding steroid dienone is 1. The molecule has 10 nitrogen and oxygen atoms in total. The van der Waals surface area contributed by atoms with Crippen LogP contribution in [0.5, 0.6) is 0 Å². The minimum atomic E-state index is -1.33. The predicted octanol–water partition coefficient (Wildman–Crippen LogP) is 3.74. The Morgan fingerprint density at radius 3 is 2.56 bits per heavy atom. The van der Waals surface area contributed by atoms with Gasteiger partial charge in [-0.1, -0.05) is 24.3 Å². The van der Waals surface area contributed by atoms with Gasteiger partial charge in [-0.2, -0.15) is 0 Å². The van der Waals surface area contributed by atoms with Crippen molar-refractivity contribution in [2.75, 3.05) is 33.3 Å². The Morgan fingerprint density at radius 2 is 1.85 bits per heavy atom. The molecule has 1 fully saturated rings. The molecule has 0 radical (unpaired) electrons. The van der Waals surface area contributed by atoms with E-state index in [0.29, 0.717) is 44.5 Å². The average Bonchev–Trinajstić information content (AvgIpc) is 3.23. The fraction of sp³-hybridized carbons (Fsp3) is 0.379. The fourth-order valence-electron chi connectivity index (χ4n) is 5.76. The lowest BCUT2D eigenvalue weighted by atomic mass is 9.84. The van der Waals surface area contributed by atoms with E-state index < -0.39 is 41.3 Å². The normalized spacial score (nSPS) is 20.0. The van der Waals surface area contributed by atoms with E-state index in [2.05, 4.69) is 15.5 Å². The predicted molar refractivity (Wildman–Crippen MR) is 141 cm³/mol. The highest BCUT2D eigenvalue weighted by molar-refractivity contribution is 6.01. The number of rotatable bonds is 6. The maximum atomic E-state index is 14.1. The number of hydrogen-bond acceptors (Lipinski definition) is 7. The molecule has 2 aromatic carbocycles. The fourth-order valence-corrected chi connectivity index (χ4v) is 5.76. The van der Waals surface area contributed by atoms with Gasteiger partial charge in [-0.05, 0) is 43.7 Å². The molecule has 3 aliphatic heterocycles. The highest BCUT2D eigenvalue weighted by Crippen LogP contribution is 2.44. The quantitative estimate of drug-likeness (QED) is 0.403. The summed E-state index contributed by atoms with van der Waals surface area (Å²) in [5.41, 5.74) is 1.04. The minimum Gasteiger partial charge on any atom is -0.466 e. The molecule has 3 heterocycles. The van der Waals surface area contributed by atoms with Crippen molar-refractivity contribution in [1.82, 2.24) is 20.4 Å². The van der Waals surface area contributed by atoms with Crippen LogP contribution in [0.25, 0.3) is 0 Å². The number of carbonyl (C=O) groups is 4. The van der Waals surface area contributed by atoms with Gasteiger partial charge in [-0.3, -0.25) is 0 Å². The van der Waals surface area contributed by atoms with Crippen molar-refractivity contribution in [2.24, 2.45) is 0 Å². The summed E-state index contributed by atoms with van der Waals surface area (Å²) in [5.74, 6) is -3.41. The number of ether oxygens (including phenoxy) is 2. The molecular formula is C29H30F2N4O6. The summed E-state index contributed by atoms with van der Waals surface area (Å²) in [6.45, 7) is 3.73. The Hall–Kier alpha value is -4.32. The van der Waals surface area contributed by atoms with Crippen LogP contribution in [0.15, 0.2) is 53.7 Å². The number of hydrogen-bond donors (Lipinski definition) is 2. The second-order valence-electron chi connectivity index (χ2n) is 10.3. The topological polar surface area (TPSA) is 117 Å². The molecule has 0 aromatic heterocycles. The molecule has 3 aliphatic rings. The van der Waals surface area contributed by atoms with E-state index in [9.17, 15) is 28.0 Å². The Kier molecular flexibility index (Phi) is 7.76. The molecule has 5 rings (SSSR count). The first-order valence-electron chi connectivity index (χ1n) is 13.3. The van der Waals surface area contributed by atoms with Crippen LogP contribution in [0.2, 0.25) is 0 Å². The Morgan fingerprint density at radius 1 is 1.12 bits per heavy atom. The number of urea groups is 2. The number of halogens is 2. The molecular weight excluding hydrogens is 538 g/mol. The van der Waals surface area contributed by atoms with E-state index >= 15 is 0 Å². The number of nitrogens with one attached hydrogen (secondary N) is 2. The number of benzene rings is 2. The second kappa shape index (κ2) is 11.3. The van der Waals surface area contributed by atoms with E-state index in [4.69, 9.17) is 9.47 Å². The molecule has 4 amide bonds. The highest BCUT2D eigenvalue weighted by atomic mass is 19.2. The standard InChI is InChI=1S/C29H30F2N4O6/c1-17-23(26(37)40-2)24(18-8-9-21(30)22(31)16-18)35(28(39)33-17)27(38)32-12-5-13-34-14-10-29(11-15-34)20-7-4-3-6-19(20)25(36)41-29/h3-4,6-9,16,24H,5,10-15H2,1-2H3,(H,32,38)(H,33,39). The summed E-state index contributed by atoms with van der Waals surface area (Å²) in [6.07, 6.45) is 1.88. The van der Waals surface area contributed by atoms with E-state index in [1.165, 1.54) is 13.0 Å². The number of piperidine rings is 1. The molecule has 2 aromatic rings. The molecule has 1 unspecified atom stereocenters. The zero-order chi connectivity index (χ0) is 29.3. The Bertz CT molecular complexity index is 1440. The first-order valence-corrected chi connectivity index (χ1v) is 13.3. The van der Waals surface area contributed by atoms with Gasteiger partial charge in [0, 0.05) is 43.7 Å². The summed E-state index contributed by atoms with van der Waals surface area (Å²) in [6, 6.07) is 7.41. The van der Waals surface area contributed by atoms with Crippen LogP contribution in [0.3, 0.4) is 0 Å². The number of imide groups is 1. The third kappa shape index (κ3) is 5.26. The van der Waals surface area contributed by atoms with Gasteiger partial charge in [-0.15, -0.1) is 0 Å². The van der Waals surface area contributed by atoms with Gasteiger partial charge in [0.2, 0.25) is 0 Å². The van der Waals surface area contributed by atoms with Crippen molar-refractivity contribution in [3.63, 3.8) is 0 Å². The monoisotopic (exact) mass is 568 g/mol. The number of fused-ring (bicyclic) bond motifs is 2. The molecule has 216 valence electrons. The molecule has 0 bridgehead atoms. The summed E-state index contributed by atoms with van der Waals surface area (Å²) in [4.78, 5) is 54.0. The summed E-state index contributed by atoms with van der Waals surface area (Å²) in [7, 11) is 1.14. The third-order valence-corrected chi connectivity index (χ3v) is 7.85. The molecule has 1 spiro atoms. The Labute approximate surface area is 235 Å². The summed E-state index contributed by atoms with van der Waals surface area (Å²) < 4.78 is 38.4. The van der Waals surface area contributed by atoms with Crippen molar-refractivity contribution in [3.8, 4) is 0 Å². The van der Waals surface area contributed by atoms with Crippen LogP contribution >= 0.6 is 0 Å². The maximum absolute atomic E-state index is 14.1. The van der Waals surface area contributed by atoms with Crippen LogP contribution in [0.1, 0.15) is 53.7 Å².